The number of aromatic amines is 1. The van der Waals surface area contributed by atoms with E-state index in [1.807, 2.05) is 50.2 Å². The lowest BCUT2D eigenvalue weighted by atomic mass is 10.1. The van der Waals surface area contributed by atoms with Gasteiger partial charge in [0, 0.05) is 12.2 Å². The molecule has 28 heavy (non-hydrogen) atoms. The van der Waals surface area contributed by atoms with Crippen LogP contribution in [0.3, 0.4) is 0 Å². The molecule has 2 heterocycles. The van der Waals surface area contributed by atoms with Crippen molar-refractivity contribution in [1.29, 1.82) is 0 Å². The van der Waals surface area contributed by atoms with E-state index in [-0.39, 0.29) is 23.3 Å². The average Bonchev–Trinajstić information content (AvgIpc) is 3.07. The van der Waals surface area contributed by atoms with Gasteiger partial charge in [0.05, 0.1) is 17.3 Å². The van der Waals surface area contributed by atoms with Crippen molar-refractivity contribution in [3.63, 3.8) is 0 Å². The summed E-state index contributed by atoms with van der Waals surface area (Å²) in [6, 6.07) is 11.6. The van der Waals surface area contributed by atoms with Crippen molar-refractivity contribution in [1.82, 2.24) is 19.9 Å². The van der Waals surface area contributed by atoms with Crippen LogP contribution in [0.25, 0.3) is 11.0 Å². The maximum absolute atomic E-state index is 12.9. The minimum Gasteiger partial charge on any atom is -0.353 e. The Bertz CT molecular complexity index is 1010. The second-order valence-corrected chi connectivity index (χ2v) is 7.85. The molecule has 1 atom stereocenters. The summed E-state index contributed by atoms with van der Waals surface area (Å²) in [6.07, 6.45) is 1.87. The van der Waals surface area contributed by atoms with E-state index in [2.05, 4.69) is 22.2 Å². The van der Waals surface area contributed by atoms with Gasteiger partial charge in [-0.05, 0) is 31.9 Å². The lowest BCUT2D eigenvalue weighted by molar-refractivity contribution is -0.119. The summed E-state index contributed by atoms with van der Waals surface area (Å²) in [4.78, 5) is 33.0. The number of benzene rings is 1. The normalized spacial score (nSPS) is 12.2. The number of hydrogen-bond acceptors (Lipinski definition) is 4. The topological polar surface area (TPSA) is 79.8 Å². The second-order valence-electron chi connectivity index (χ2n) is 6.91. The molecule has 0 bridgehead atoms. The van der Waals surface area contributed by atoms with E-state index in [0.29, 0.717) is 22.7 Å². The fourth-order valence-corrected chi connectivity index (χ4v) is 3.91. The van der Waals surface area contributed by atoms with Gasteiger partial charge in [-0.3, -0.25) is 14.2 Å². The number of hydrogen-bond donors (Lipinski definition) is 2. The smallest absolute Gasteiger partial charge is 0.278 e. The molecule has 0 fully saturated rings. The zero-order valence-corrected chi connectivity index (χ0v) is 17.3. The van der Waals surface area contributed by atoms with Crippen molar-refractivity contribution >= 4 is 28.7 Å². The van der Waals surface area contributed by atoms with Crippen LogP contribution >= 0.6 is 11.8 Å². The van der Waals surface area contributed by atoms with Gasteiger partial charge in [-0.1, -0.05) is 55.4 Å². The van der Waals surface area contributed by atoms with Gasteiger partial charge in [-0.2, -0.15) is 0 Å². The Morgan fingerprint density at radius 1 is 1.32 bits per heavy atom. The number of fused-ring (bicyclic) bond motifs is 1. The maximum atomic E-state index is 12.9. The number of rotatable bonds is 8. The molecule has 148 valence electrons. The van der Waals surface area contributed by atoms with Gasteiger partial charge in [-0.25, -0.2) is 4.98 Å². The van der Waals surface area contributed by atoms with Gasteiger partial charge in [0.25, 0.3) is 5.56 Å². The van der Waals surface area contributed by atoms with Gasteiger partial charge >= 0.3 is 0 Å². The van der Waals surface area contributed by atoms with Crippen LogP contribution in [0.5, 0.6) is 0 Å². The van der Waals surface area contributed by atoms with Crippen LogP contribution in [-0.4, -0.2) is 26.2 Å². The Kier molecular flexibility index (Phi) is 6.57. The number of carbonyl (C=O) groups is 1. The van der Waals surface area contributed by atoms with E-state index in [0.717, 1.165) is 24.1 Å². The lowest BCUT2D eigenvalue weighted by Gasteiger charge is -2.15. The van der Waals surface area contributed by atoms with E-state index in [4.69, 9.17) is 0 Å². The number of carbonyl (C=O) groups excluding carboxylic acids is 1. The van der Waals surface area contributed by atoms with Crippen LogP contribution in [0.15, 0.2) is 46.3 Å². The van der Waals surface area contributed by atoms with E-state index in [1.165, 1.54) is 11.8 Å². The number of thioether (sulfide) groups is 1. The fraction of sp³-hybridized carbons (Fsp3) is 0.381. The van der Waals surface area contributed by atoms with Crippen LogP contribution in [-0.2, 0) is 11.3 Å². The molecule has 2 N–H and O–H groups in total. The predicted molar refractivity (Wildman–Crippen MR) is 114 cm³/mol. The summed E-state index contributed by atoms with van der Waals surface area (Å²) < 4.78 is 1.68. The summed E-state index contributed by atoms with van der Waals surface area (Å²) >= 11 is 1.31. The molecule has 2 aromatic heterocycles. The average molecular weight is 399 g/mol. The summed E-state index contributed by atoms with van der Waals surface area (Å²) in [5.41, 5.74) is 3.06. The largest absolute Gasteiger partial charge is 0.353 e. The van der Waals surface area contributed by atoms with Crippen LogP contribution in [0, 0.1) is 6.92 Å². The monoisotopic (exact) mass is 398 g/mol. The molecule has 1 aromatic carbocycles. The van der Waals surface area contributed by atoms with E-state index in [1.54, 1.807) is 4.57 Å². The van der Waals surface area contributed by atoms with Crippen molar-refractivity contribution < 1.29 is 4.79 Å². The first-order valence-corrected chi connectivity index (χ1v) is 10.6. The molecular weight excluding hydrogens is 372 g/mol. The zero-order valence-electron chi connectivity index (χ0n) is 16.5. The number of amides is 1. The maximum Gasteiger partial charge on any atom is 0.278 e. The first-order chi connectivity index (χ1) is 13.5. The number of aromatic nitrogens is 3. The number of unbranched alkanes of at least 4 members (excludes halogenated alkanes) is 1. The van der Waals surface area contributed by atoms with Crippen LogP contribution in [0.4, 0.5) is 0 Å². The highest BCUT2D eigenvalue weighted by molar-refractivity contribution is 7.99. The van der Waals surface area contributed by atoms with Crippen molar-refractivity contribution in [3.05, 3.63) is 58.0 Å². The summed E-state index contributed by atoms with van der Waals surface area (Å²) in [6.45, 7) is 6.55. The fourth-order valence-electron chi connectivity index (χ4n) is 3.07. The van der Waals surface area contributed by atoms with Crippen molar-refractivity contribution in [3.8, 4) is 0 Å². The van der Waals surface area contributed by atoms with Gasteiger partial charge in [0.1, 0.15) is 5.52 Å². The van der Waals surface area contributed by atoms with Gasteiger partial charge < -0.3 is 10.3 Å². The highest BCUT2D eigenvalue weighted by Crippen LogP contribution is 2.19. The second kappa shape index (κ2) is 9.10. The third-order valence-corrected chi connectivity index (χ3v) is 5.56. The molecule has 1 amide bonds. The quantitative estimate of drug-likeness (QED) is 0.447. The van der Waals surface area contributed by atoms with E-state index in [9.17, 15) is 9.59 Å². The molecule has 1 unspecified atom stereocenters. The highest BCUT2D eigenvalue weighted by atomic mass is 32.2. The number of nitrogens with zero attached hydrogens (tertiary/aromatic N) is 2. The molecule has 0 aliphatic carbocycles. The van der Waals surface area contributed by atoms with Crippen LogP contribution in [0.2, 0.25) is 0 Å². The summed E-state index contributed by atoms with van der Waals surface area (Å²) in [5.74, 6) is 0.132. The Labute approximate surface area is 168 Å². The first kappa shape index (κ1) is 20.2. The Morgan fingerprint density at radius 3 is 2.79 bits per heavy atom. The summed E-state index contributed by atoms with van der Waals surface area (Å²) in [5, 5.41) is 3.59. The van der Waals surface area contributed by atoms with Gasteiger partial charge in [-0.15, -0.1) is 0 Å². The molecule has 6 nitrogen and oxygen atoms in total. The molecular formula is C21H26N4O2S. The minimum absolute atomic E-state index is 0.0700. The third-order valence-electron chi connectivity index (χ3n) is 4.58. The van der Waals surface area contributed by atoms with Gasteiger partial charge in [0.15, 0.2) is 5.16 Å². The Balaban J connectivity index is 1.75. The van der Waals surface area contributed by atoms with Crippen LogP contribution < -0.4 is 10.9 Å². The molecule has 0 saturated heterocycles. The standard InChI is InChI=1S/C21H26N4O2S/c1-4-5-11-25-20(27)19-17(12-14(2)22-19)24-21(25)28-13-18(26)23-15(3)16-9-7-6-8-10-16/h6-10,12,15,22H,4-5,11,13H2,1-3H3,(H,23,26). The highest BCUT2D eigenvalue weighted by Gasteiger charge is 2.15. The third kappa shape index (κ3) is 4.65. The van der Waals surface area contributed by atoms with E-state index < -0.39 is 0 Å². The molecule has 7 heteroatoms. The van der Waals surface area contributed by atoms with Gasteiger partial charge in [0.2, 0.25) is 5.91 Å². The molecule has 0 aliphatic heterocycles. The molecule has 0 aliphatic rings. The molecule has 0 spiro atoms. The zero-order chi connectivity index (χ0) is 20.1. The lowest BCUT2D eigenvalue weighted by Crippen LogP contribution is -2.29. The summed E-state index contributed by atoms with van der Waals surface area (Å²) in [7, 11) is 0. The Hall–Kier alpha value is -2.54. The van der Waals surface area contributed by atoms with Crippen LogP contribution in [0.1, 0.15) is 44.0 Å². The minimum atomic E-state index is -0.0806. The van der Waals surface area contributed by atoms with Crippen molar-refractivity contribution in [2.45, 2.75) is 51.4 Å². The number of nitrogens with one attached hydrogen (secondary N) is 2. The first-order valence-electron chi connectivity index (χ1n) is 9.57. The van der Waals surface area contributed by atoms with Crippen molar-refractivity contribution in [2.75, 3.05) is 5.75 Å². The number of aryl methyl sites for hydroxylation is 1. The predicted octanol–water partition coefficient (Wildman–Crippen LogP) is 3.80. The van der Waals surface area contributed by atoms with E-state index >= 15 is 0 Å². The number of H-pyrrole nitrogens is 1. The molecule has 0 saturated carbocycles. The molecule has 3 rings (SSSR count). The molecule has 0 radical (unpaired) electrons. The SMILES string of the molecule is CCCCn1c(SCC(=O)NC(C)c2ccccc2)nc2cc(C)[nH]c2c1=O. The Morgan fingerprint density at radius 2 is 2.07 bits per heavy atom. The van der Waals surface area contributed by atoms with Crippen molar-refractivity contribution in [2.24, 2.45) is 0 Å². The molecule has 3 aromatic rings.